The second kappa shape index (κ2) is 10.00. The number of ether oxygens (including phenoxy) is 2. The van der Waals surface area contributed by atoms with Crippen molar-refractivity contribution >= 4 is 41.2 Å². The van der Waals surface area contributed by atoms with Crippen molar-refractivity contribution < 1.29 is 28.9 Å². The van der Waals surface area contributed by atoms with Crippen LogP contribution in [0.15, 0.2) is 52.0 Å². The molecule has 2 aliphatic heterocycles. The van der Waals surface area contributed by atoms with E-state index in [1.807, 2.05) is 12.1 Å². The second-order valence-electron chi connectivity index (χ2n) is 7.98. The Bertz CT molecular complexity index is 1290. The third-order valence-electron chi connectivity index (χ3n) is 5.74. The van der Waals surface area contributed by atoms with Crippen molar-refractivity contribution in [3.8, 4) is 11.5 Å². The number of aromatic hydroxyl groups is 1. The van der Waals surface area contributed by atoms with E-state index in [1.54, 1.807) is 36.7 Å². The fourth-order valence-electron chi connectivity index (χ4n) is 3.93. The highest BCUT2D eigenvalue weighted by molar-refractivity contribution is 6.21. The molecule has 0 radical (unpaired) electrons. The smallest absolute Gasteiger partial charge is 0.345 e. The average Bonchev–Trinajstić information content (AvgIpc) is 3.41. The number of hydrogen-bond acceptors (Lipinski definition) is 9. The zero-order valence-corrected chi connectivity index (χ0v) is 18.8. The van der Waals surface area contributed by atoms with Gasteiger partial charge in [-0.25, -0.2) is 14.8 Å². The van der Waals surface area contributed by atoms with Gasteiger partial charge in [-0.2, -0.15) is 0 Å². The van der Waals surface area contributed by atoms with E-state index in [4.69, 9.17) is 13.9 Å². The molecule has 0 amide bonds. The summed E-state index contributed by atoms with van der Waals surface area (Å²) in [5, 5.41) is 23.4. The Morgan fingerprint density at radius 1 is 1.20 bits per heavy atom. The number of hydrogen-bond donors (Lipinski definition) is 3. The van der Waals surface area contributed by atoms with E-state index < -0.39 is 11.7 Å². The van der Waals surface area contributed by atoms with Crippen LogP contribution >= 0.6 is 0 Å². The third-order valence-corrected chi connectivity index (χ3v) is 5.74. The van der Waals surface area contributed by atoms with Gasteiger partial charge in [0.05, 0.1) is 18.9 Å². The Morgan fingerprint density at radius 2 is 2.03 bits per heavy atom. The molecule has 4 heterocycles. The highest BCUT2D eigenvalue weighted by Gasteiger charge is 2.26. The lowest BCUT2D eigenvalue weighted by Crippen LogP contribution is -2.38. The predicted octanol–water partition coefficient (Wildman–Crippen LogP) is 3.79. The van der Waals surface area contributed by atoms with Crippen molar-refractivity contribution in [2.24, 2.45) is 4.99 Å². The van der Waals surface area contributed by atoms with Crippen LogP contribution in [0.2, 0.25) is 0 Å². The van der Waals surface area contributed by atoms with Crippen molar-refractivity contribution in [3.05, 3.63) is 59.5 Å². The number of furan rings is 1. The number of allylic oxidation sites excluding steroid dienone is 1. The summed E-state index contributed by atoms with van der Waals surface area (Å²) in [6.07, 6.45) is 4.76. The van der Waals surface area contributed by atoms with Gasteiger partial charge in [-0.15, -0.1) is 0 Å². The first-order valence-electron chi connectivity index (χ1n) is 11.2. The first kappa shape index (κ1) is 22.6. The van der Waals surface area contributed by atoms with Crippen LogP contribution in [0.25, 0.3) is 11.6 Å². The maximum absolute atomic E-state index is 11.9. The van der Waals surface area contributed by atoms with Crippen molar-refractivity contribution in [2.45, 2.75) is 0 Å². The molecule has 5 rings (SSSR count). The van der Waals surface area contributed by atoms with E-state index in [1.165, 1.54) is 6.08 Å². The maximum atomic E-state index is 11.9. The van der Waals surface area contributed by atoms with E-state index in [2.05, 4.69) is 20.2 Å². The topological polar surface area (TPSA) is 130 Å². The lowest BCUT2D eigenvalue weighted by Gasteiger charge is -2.26. The van der Waals surface area contributed by atoms with Crippen LogP contribution in [0.1, 0.15) is 21.7 Å². The van der Waals surface area contributed by atoms with Crippen molar-refractivity contribution in [2.75, 3.05) is 44.8 Å². The molecule has 0 unspecified atom stereocenters. The first-order chi connectivity index (χ1) is 17.1. The summed E-state index contributed by atoms with van der Waals surface area (Å²) in [5.41, 5.74) is 1.55. The van der Waals surface area contributed by atoms with Gasteiger partial charge in [-0.1, -0.05) is 12.1 Å². The molecule has 3 aromatic rings. The number of carboxylic acid groups (broad SMARTS) is 1. The van der Waals surface area contributed by atoms with Crippen LogP contribution < -0.4 is 10.1 Å². The predicted molar refractivity (Wildman–Crippen MR) is 130 cm³/mol. The Hall–Kier alpha value is -4.15. The normalized spacial score (nSPS) is 16.4. The van der Waals surface area contributed by atoms with Crippen molar-refractivity contribution in [3.63, 3.8) is 0 Å². The number of pyridine rings is 1. The number of para-hydroxylation sites is 2. The summed E-state index contributed by atoms with van der Waals surface area (Å²) in [6.45, 7) is 4.35. The van der Waals surface area contributed by atoms with Crippen LogP contribution in [0, 0.1) is 0 Å². The minimum atomic E-state index is -1.33. The number of aromatic carboxylic acids is 1. The van der Waals surface area contributed by atoms with Crippen LogP contribution in [-0.2, 0) is 4.74 Å². The molecule has 1 fully saturated rings. The van der Waals surface area contributed by atoms with E-state index >= 15 is 0 Å². The van der Waals surface area contributed by atoms with Gasteiger partial charge in [-0.05, 0) is 30.3 Å². The fraction of sp³-hybridized carbons (Fsp3) is 0.240. The Labute approximate surface area is 201 Å². The summed E-state index contributed by atoms with van der Waals surface area (Å²) in [7, 11) is 0. The number of carboxylic acids is 1. The average molecular weight is 476 g/mol. The van der Waals surface area contributed by atoms with Crippen LogP contribution in [0.4, 0.5) is 17.4 Å². The Morgan fingerprint density at radius 3 is 2.86 bits per heavy atom. The van der Waals surface area contributed by atoms with Crippen LogP contribution in [0.5, 0.6) is 11.5 Å². The van der Waals surface area contributed by atoms with Gasteiger partial charge in [0, 0.05) is 43.2 Å². The lowest BCUT2D eigenvalue weighted by molar-refractivity contribution is 0.0323. The van der Waals surface area contributed by atoms with Crippen LogP contribution in [0.3, 0.4) is 0 Å². The summed E-state index contributed by atoms with van der Waals surface area (Å²) in [4.78, 5) is 22.6. The molecule has 0 saturated carbocycles. The Kier molecular flexibility index (Phi) is 6.47. The highest BCUT2D eigenvalue weighted by atomic mass is 16.5. The van der Waals surface area contributed by atoms with Gasteiger partial charge in [0.15, 0.2) is 22.9 Å². The molecule has 0 aliphatic carbocycles. The number of aromatic nitrogens is 1. The summed E-state index contributed by atoms with van der Waals surface area (Å²) >= 11 is 0. The summed E-state index contributed by atoms with van der Waals surface area (Å²) in [5.74, 6) is -0.836. The molecule has 35 heavy (non-hydrogen) atoms. The molecule has 1 aromatic carbocycles. The number of carbonyl (C=O) groups is 1. The van der Waals surface area contributed by atoms with E-state index in [9.17, 15) is 15.0 Å². The molecule has 180 valence electrons. The Balaban J connectivity index is 1.38. The molecule has 2 aliphatic rings. The molecular weight excluding hydrogens is 452 g/mol. The fourth-order valence-corrected chi connectivity index (χ4v) is 3.93. The van der Waals surface area contributed by atoms with E-state index in [0.29, 0.717) is 42.6 Å². The monoisotopic (exact) mass is 476 g/mol. The highest BCUT2D eigenvalue weighted by Crippen LogP contribution is 2.40. The van der Waals surface area contributed by atoms with Crippen LogP contribution in [-0.4, -0.2) is 71.7 Å². The minimum Gasteiger partial charge on any atom is -0.504 e. The number of anilines is 2. The largest absolute Gasteiger partial charge is 0.504 e. The number of nitrogens with zero attached hydrogens (tertiary/aromatic N) is 3. The molecule has 3 N–H and O–H groups in total. The molecule has 1 saturated heterocycles. The second-order valence-corrected chi connectivity index (χ2v) is 7.98. The number of benzene rings is 1. The quantitative estimate of drug-likeness (QED) is 0.444. The number of nitrogens with one attached hydrogen (secondary N) is 1. The maximum Gasteiger partial charge on any atom is 0.345 e. The number of morpholine rings is 1. The molecule has 10 heteroatoms. The molecule has 0 atom stereocenters. The molecule has 0 spiro atoms. The van der Waals surface area contributed by atoms with Gasteiger partial charge in [-0.3, -0.25) is 4.90 Å². The molecular formula is C25H24N4O6. The summed E-state index contributed by atoms with van der Waals surface area (Å²) < 4.78 is 17.1. The zero-order chi connectivity index (χ0) is 24.2. The van der Waals surface area contributed by atoms with Crippen molar-refractivity contribution in [1.29, 1.82) is 0 Å². The standard InChI is InChI=1S/C25H24N4O6/c30-22-20(14-16-15-27-23-17(16)4-3-7-26-23)35-24(21(22)25(31)32)28-18-5-1-2-6-19(18)34-13-10-29-8-11-33-12-9-29/h1-7,14-15,28,30H,8-13H2,(H,31,32). The zero-order valence-electron chi connectivity index (χ0n) is 18.8. The van der Waals surface area contributed by atoms with Gasteiger partial charge >= 0.3 is 5.97 Å². The molecule has 2 aromatic heterocycles. The van der Waals surface area contributed by atoms with Gasteiger partial charge in [0.25, 0.3) is 0 Å². The minimum absolute atomic E-state index is 0.00577. The summed E-state index contributed by atoms with van der Waals surface area (Å²) in [6, 6.07) is 10.8. The van der Waals surface area contributed by atoms with Gasteiger partial charge in [0.2, 0.25) is 5.88 Å². The number of aliphatic imine (C=N–C) groups is 1. The number of fused-ring (bicyclic) bond motifs is 1. The van der Waals surface area contributed by atoms with Gasteiger partial charge in [0.1, 0.15) is 12.4 Å². The number of rotatable bonds is 8. The van der Waals surface area contributed by atoms with E-state index in [-0.39, 0.29) is 17.2 Å². The molecule has 0 bridgehead atoms. The van der Waals surface area contributed by atoms with Gasteiger partial charge < -0.3 is 29.4 Å². The first-order valence-corrected chi connectivity index (χ1v) is 11.2. The SMILES string of the molecule is O=C(O)c1c(Nc2ccccc2OCCN2CCOCC2)oc(C=C2C=Nc3ncccc32)c1O. The third kappa shape index (κ3) is 4.88. The van der Waals surface area contributed by atoms with Crippen molar-refractivity contribution in [1.82, 2.24) is 9.88 Å². The van der Waals surface area contributed by atoms with E-state index in [0.717, 1.165) is 25.2 Å². The lowest BCUT2D eigenvalue weighted by atomic mass is 10.1. The molecule has 10 nitrogen and oxygen atoms in total.